The van der Waals surface area contributed by atoms with E-state index in [1.165, 1.54) is 18.2 Å². The second-order valence-corrected chi connectivity index (χ2v) is 8.63. The van der Waals surface area contributed by atoms with Gasteiger partial charge in [0.2, 0.25) is 0 Å². The van der Waals surface area contributed by atoms with E-state index in [9.17, 15) is 14.4 Å². The predicted octanol–water partition coefficient (Wildman–Crippen LogP) is 3.50. The summed E-state index contributed by atoms with van der Waals surface area (Å²) in [5.41, 5.74) is 0.757. The number of carbonyl (C=O) groups excluding carboxylic acids is 3. The van der Waals surface area contributed by atoms with E-state index in [-0.39, 0.29) is 42.7 Å². The number of nitrogens with zero attached hydrogens (tertiary/aromatic N) is 2. The SMILES string of the molecule is CC(C)COC(=O)c1cc(NC(=O)OCCCN(C)C)cc(NC(=O)OCCCN(C)C)c1. The van der Waals surface area contributed by atoms with Crippen LogP contribution in [0.15, 0.2) is 18.2 Å². The third-order valence-electron chi connectivity index (χ3n) is 4.17. The molecular formula is C23H38N4O6. The molecule has 0 radical (unpaired) electrons. The monoisotopic (exact) mass is 466 g/mol. The van der Waals surface area contributed by atoms with Crippen molar-refractivity contribution >= 4 is 29.5 Å². The Balaban J connectivity index is 2.83. The third kappa shape index (κ3) is 13.3. The van der Waals surface area contributed by atoms with Crippen molar-refractivity contribution in [2.45, 2.75) is 26.7 Å². The van der Waals surface area contributed by atoms with E-state index in [4.69, 9.17) is 14.2 Å². The molecule has 10 heteroatoms. The molecule has 0 fully saturated rings. The number of hydrogen-bond acceptors (Lipinski definition) is 8. The van der Waals surface area contributed by atoms with Gasteiger partial charge in [0, 0.05) is 24.5 Å². The van der Waals surface area contributed by atoms with Gasteiger partial charge in [-0.15, -0.1) is 0 Å². The summed E-state index contributed by atoms with van der Waals surface area (Å²) in [7, 11) is 7.74. The minimum atomic E-state index is -0.654. The normalized spacial score (nSPS) is 10.9. The minimum absolute atomic E-state index is 0.169. The maximum Gasteiger partial charge on any atom is 0.411 e. The van der Waals surface area contributed by atoms with Crippen molar-refractivity contribution in [3.05, 3.63) is 23.8 Å². The number of rotatable bonds is 13. The molecule has 0 saturated carbocycles. The molecule has 0 aliphatic heterocycles. The number of anilines is 2. The Labute approximate surface area is 196 Å². The van der Waals surface area contributed by atoms with Crippen molar-refractivity contribution in [3.8, 4) is 0 Å². The van der Waals surface area contributed by atoms with Gasteiger partial charge in [0.1, 0.15) is 0 Å². The number of esters is 1. The van der Waals surface area contributed by atoms with Gasteiger partial charge < -0.3 is 24.0 Å². The van der Waals surface area contributed by atoms with Gasteiger partial charge in [0.25, 0.3) is 0 Å². The maximum atomic E-state index is 12.5. The highest BCUT2D eigenvalue weighted by Gasteiger charge is 2.15. The molecule has 1 rings (SSSR count). The van der Waals surface area contributed by atoms with Gasteiger partial charge in [0.15, 0.2) is 0 Å². The van der Waals surface area contributed by atoms with E-state index in [0.717, 1.165) is 13.1 Å². The molecule has 0 bridgehead atoms. The molecule has 0 spiro atoms. The summed E-state index contributed by atoms with van der Waals surface area (Å²) in [6, 6.07) is 4.45. The Kier molecular flexibility index (Phi) is 12.9. The molecule has 0 aromatic heterocycles. The second kappa shape index (κ2) is 15.1. The molecule has 186 valence electrons. The van der Waals surface area contributed by atoms with E-state index >= 15 is 0 Å². The van der Waals surface area contributed by atoms with Crippen LogP contribution in [0.1, 0.15) is 37.0 Å². The van der Waals surface area contributed by atoms with Crippen molar-refractivity contribution in [2.24, 2.45) is 5.92 Å². The van der Waals surface area contributed by atoms with Crippen LogP contribution in [0.2, 0.25) is 0 Å². The summed E-state index contributed by atoms with van der Waals surface area (Å²) >= 11 is 0. The van der Waals surface area contributed by atoms with Crippen molar-refractivity contribution in [2.75, 3.05) is 71.7 Å². The third-order valence-corrected chi connectivity index (χ3v) is 4.17. The first kappa shape index (κ1) is 28.2. The van der Waals surface area contributed by atoms with Gasteiger partial charge in [-0.2, -0.15) is 0 Å². The average Bonchev–Trinajstić information content (AvgIpc) is 2.72. The lowest BCUT2D eigenvalue weighted by atomic mass is 10.1. The van der Waals surface area contributed by atoms with Gasteiger partial charge in [-0.25, -0.2) is 14.4 Å². The largest absolute Gasteiger partial charge is 0.462 e. The molecule has 0 aliphatic carbocycles. The van der Waals surface area contributed by atoms with Crippen LogP contribution < -0.4 is 10.6 Å². The Morgan fingerprint density at radius 3 is 1.64 bits per heavy atom. The molecule has 0 saturated heterocycles. The molecule has 0 unspecified atom stereocenters. The van der Waals surface area contributed by atoms with Crippen molar-refractivity contribution < 1.29 is 28.6 Å². The summed E-state index contributed by atoms with van der Waals surface area (Å²) in [4.78, 5) is 40.7. The van der Waals surface area contributed by atoms with E-state index in [2.05, 4.69) is 10.6 Å². The summed E-state index contributed by atoms with van der Waals surface area (Å²) < 4.78 is 15.6. The molecule has 2 N–H and O–H groups in total. The first-order valence-electron chi connectivity index (χ1n) is 11.1. The lowest BCUT2D eigenvalue weighted by Gasteiger charge is -2.14. The molecule has 10 nitrogen and oxygen atoms in total. The topological polar surface area (TPSA) is 109 Å². The fraction of sp³-hybridized carbons (Fsp3) is 0.609. The van der Waals surface area contributed by atoms with Crippen LogP contribution in [0.3, 0.4) is 0 Å². The smallest absolute Gasteiger partial charge is 0.411 e. The van der Waals surface area contributed by atoms with Crippen LogP contribution in [0.5, 0.6) is 0 Å². The molecule has 1 aromatic carbocycles. The Bertz CT molecular complexity index is 719. The number of hydrogen-bond donors (Lipinski definition) is 2. The van der Waals surface area contributed by atoms with Crippen LogP contribution in [-0.4, -0.2) is 89.1 Å². The lowest BCUT2D eigenvalue weighted by molar-refractivity contribution is 0.0459. The molecule has 0 atom stereocenters. The molecular weight excluding hydrogens is 428 g/mol. The molecule has 33 heavy (non-hydrogen) atoms. The van der Waals surface area contributed by atoms with Crippen molar-refractivity contribution in [3.63, 3.8) is 0 Å². The highest BCUT2D eigenvalue weighted by Crippen LogP contribution is 2.21. The number of carbonyl (C=O) groups is 3. The zero-order chi connectivity index (χ0) is 24.8. The minimum Gasteiger partial charge on any atom is -0.462 e. The standard InChI is InChI=1S/C23H38N4O6/c1-17(2)16-33-21(28)18-13-19(24-22(29)31-11-7-9-26(3)4)15-20(14-18)25-23(30)32-12-8-10-27(5)6/h13-15,17H,7-12,16H2,1-6H3,(H,24,29)(H,25,30). The summed E-state index contributed by atoms with van der Waals surface area (Å²) in [6.45, 7) is 6.19. The van der Waals surface area contributed by atoms with Gasteiger partial charge in [-0.1, -0.05) is 13.8 Å². The van der Waals surface area contributed by atoms with Gasteiger partial charge >= 0.3 is 18.2 Å². The molecule has 0 aliphatic rings. The highest BCUT2D eigenvalue weighted by molar-refractivity contribution is 5.96. The molecule has 2 amide bonds. The van der Waals surface area contributed by atoms with E-state index in [1.807, 2.05) is 51.8 Å². The Morgan fingerprint density at radius 2 is 1.24 bits per heavy atom. The maximum absolute atomic E-state index is 12.5. The van der Waals surface area contributed by atoms with Crippen LogP contribution in [0, 0.1) is 5.92 Å². The quantitative estimate of drug-likeness (QED) is 0.258. The lowest BCUT2D eigenvalue weighted by Crippen LogP contribution is -2.20. The van der Waals surface area contributed by atoms with Gasteiger partial charge in [-0.3, -0.25) is 10.6 Å². The van der Waals surface area contributed by atoms with Crippen LogP contribution in [0.25, 0.3) is 0 Å². The number of nitrogens with one attached hydrogen (secondary N) is 2. The number of ether oxygens (including phenoxy) is 3. The van der Waals surface area contributed by atoms with Crippen LogP contribution in [0.4, 0.5) is 21.0 Å². The fourth-order valence-electron chi connectivity index (χ4n) is 2.61. The molecule has 1 aromatic rings. The fourth-order valence-corrected chi connectivity index (χ4v) is 2.61. The van der Waals surface area contributed by atoms with Crippen LogP contribution in [-0.2, 0) is 14.2 Å². The first-order valence-corrected chi connectivity index (χ1v) is 11.1. The number of benzene rings is 1. The van der Waals surface area contributed by atoms with Gasteiger partial charge in [0.05, 0.1) is 25.4 Å². The Hall–Kier alpha value is -2.85. The Morgan fingerprint density at radius 1 is 0.788 bits per heavy atom. The zero-order valence-electron chi connectivity index (χ0n) is 20.6. The summed E-state index contributed by atoms with van der Waals surface area (Å²) in [5, 5.41) is 5.18. The molecule has 0 heterocycles. The predicted molar refractivity (Wildman–Crippen MR) is 128 cm³/mol. The summed E-state index contributed by atoms with van der Waals surface area (Å²) in [5.74, 6) is -0.392. The van der Waals surface area contributed by atoms with Crippen molar-refractivity contribution in [1.82, 2.24) is 9.80 Å². The second-order valence-electron chi connectivity index (χ2n) is 8.63. The average molecular weight is 467 g/mol. The first-order chi connectivity index (χ1) is 15.6. The van der Waals surface area contributed by atoms with Gasteiger partial charge in [-0.05, 0) is 65.1 Å². The van der Waals surface area contributed by atoms with Crippen molar-refractivity contribution in [1.29, 1.82) is 0 Å². The zero-order valence-corrected chi connectivity index (χ0v) is 20.6. The summed E-state index contributed by atoms with van der Waals surface area (Å²) in [6.07, 6.45) is 0.0699. The van der Waals surface area contributed by atoms with E-state index < -0.39 is 18.2 Å². The van der Waals surface area contributed by atoms with Crippen LogP contribution >= 0.6 is 0 Å². The van der Waals surface area contributed by atoms with E-state index in [1.54, 1.807) is 0 Å². The highest BCUT2D eigenvalue weighted by atomic mass is 16.6. The number of amides is 2. The van der Waals surface area contributed by atoms with E-state index in [0.29, 0.717) is 12.8 Å².